The first-order valence-corrected chi connectivity index (χ1v) is 6.49. The van der Waals surface area contributed by atoms with E-state index < -0.39 is 0 Å². The molecule has 1 aromatic carbocycles. The molecule has 1 heterocycles. The monoisotopic (exact) mass is 271 g/mol. The predicted molar refractivity (Wildman–Crippen MR) is 70.9 cm³/mol. The van der Waals surface area contributed by atoms with E-state index in [0.717, 1.165) is 30.0 Å². The van der Waals surface area contributed by atoms with Crippen LogP contribution in [0.2, 0.25) is 5.02 Å². The third kappa shape index (κ3) is 3.51. The van der Waals surface area contributed by atoms with Gasteiger partial charge in [-0.15, -0.1) is 0 Å². The first-order valence-electron chi connectivity index (χ1n) is 6.11. The summed E-state index contributed by atoms with van der Waals surface area (Å²) in [5.41, 5.74) is 1.03. The Morgan fingerprint density at radius 3 is 2.67 bits per heavy atom. The van der Waals surface area contributed by atoms with Crippen molar-refractivity contribution >= 4 is 11.6 Å². The van der Waals surface area contributed by atoms with Gasteiger partial charge in [0, 0.05) is 17.6 Å². The van der Waals surface area contributed by atoms with Crippen LogP contribution in [0.1, 0.15) is 5.56 Å². The summed E-state index contributed by atoms with van der Waals surface area (Å²) in [7, 11) is 1.90. The van der Waals surface area contributed by atoms with Crippen LogP contribution < -0.4 is 14.8 Å². The summed E-state index contributed by atoms with van der Waals surface area (Å²) in [5, 5.41) is 3.74. The molecule has 1 N–H and O–H groups in total. The van der Waals surface area contributed by atoms with Crippen molar-refractivity contribution in [2.45, 2.75) is 6.42 Å². The Hall–Kier alpha value is -0.970. The largest absolute Gasteiger partial charge is 0.486 e. The third-order valence-electron chi connectivity index (χ3n) is 2.72. The molecule has 0 saturated heterocycles. The number of nitrogens with one attached hydrogen (secondary N) is 1. The Balaban J connectivity index is 1.91. The maximum absolute atomic E-state index is 6.20. The number of fused-ring (bicyclic) bond motifs is 1. The zero-order chi connectivity index (χ0) is 12.8. The van der Waals surface area contributed by atoms with Gasteiger partial charge in [-0.2, -0.15) is 0 Å². The van der Waals surface area contributed by atoms with Crippen LogP contribution in [0.15, 0.2) is 12.1 Å². The summed E-state index contributed by atoms with van der Waals surface area (Å²) in [4.78, 5) is 0. The lowest BCUT2D eigenvalue weighted by Gasteiger charge is -2.19. The summed E-state index contributed by atoms with van der Waals surface area (Å²) in [6, 6.07) is 3.76. The summed E-state index contributed by atoms with van der Waals surface area (Å²) < 4.78 is 16.5. The maximum atomic E-state index is 6.20. The fourth-order valence-corrected chi connectivity index (χ4v) is 2.00. The summed E-state index contributed by atoms with van der Waals surface area (Å²) in [5.74, 6) is 1.50. The fourth-order valence-electron chi connectivity index (χ4n) is 1.76. The van der Waals surface area contributed by atoms with Gasteiger partial charge in [0.1, 0.15) is 13.2 Å². The number of benzene rings is 1. The molecule has 0 bridgehead atoms. The van der Waals surface area contributed by atoms with E-state index in [2.05, 4.69) is 5.32 Å². The van der Waals surface area contributed by atoms with Crippen LogP contribution in [0.3, 0.4) is 0 Å². The van der Waals surface area contributed by atoms with Crippen LogP contribution in [0.4, 0.5) is 0 Å². The fraction of sp³-hybridized carbons (Fsp3) is 0.538. The molecular weight excluding hydrogens is 254 g/mol. The molecule has 2 rings (SSSR count). The second kappa shape index (κ2) is 6.83. The molecule has 5 heteroatoms. The number of halogens is 1. The van der Waals surface area contributed by atoms with Crippen LogP contribution in [0.5, 0.6) is 11.5 Å². The first kappa shape index (κ1) is 13.5. The molecule has 1 aromatic rings. The Labute approximate surface area is 112 Å². The lowest BCUT2D eigenvalue weighted by atomic mass is 10.1. The van der Waals surface area contributed by atoms with Gasteiger partial charge in [0.25, 0.3) is 0 Å². The average molecular weight is 272 g/mol. The van der Waals surface area contributed by atoms with Crippen molar-refractivity contribution in [2.75, 3.05) is 40.0 Å². The van der Waals surface area contributed by atoms with Crippen LogP contribution in [0.25, 0.3) is 0 Å². The van der Waals surface area contributed by atoms with E-state index in [1.807, 2.05) is 19.2 Å². The second-order valence-electron chi connectivity index (χ2n) is 4.05. The highest BCUT2D eigenvalue weighted by Gasteiger charge is 2.14. The van der Waals surface area contributed by atoms with Crippen molar-refractivity contribution in [1.82, 2.24) is 5.32 Å². The lowest BCUT2D eigenvalue weighted by molar-refractivity contribution is 0.140. The standard InChI is InChI=1S/C13H18ClNO3/c1-15-3-5-16-4-2-10-8-12-13(9-11(10)14)18-7-6-17-12/h8-9,15H,2-7H2,1H3. The molecule has 0 saturated carbocycles. The lowest BCUT2D eigenvalue weighted by Crippen LogP contribution is -2.16. The number of rotatable bonds is 6. The molecular formula is C13H18ClNO3. The summed E-state index contributed by atoms with van der Waals surface area (Å²) in [6.45, 7) is 3.39. The molecule has 0 radical (unpaired) electrons. The average Bonchev–Trinajstić information content (AvgIpc) is 2.39. The molecule has 0 fully saturated rings. The Morgan fingerprint density at radius 2 is 1.94 bits per heavy atom. The summed E-state index contributed by atoms with van der Waals surface area (Å²) in [6.07, 6.45) is 0.777. The Bertz CT molecular complexity index is 398. The quantitative estimate of drug-likeness (QED) is 0.802. The molecule has 4 nitrogen and oxygen atoms in total. The Morgan fingerprint density at radius 1 is 1.22 bits per heavy atom. The van der Waals surface area contributed by atoms with E-state index in [9.17, 15) is 0 Å². The topological polar surface area (TPSA) is 39.7 Å². The van der Waals surface area contributed by atoms with E-state index >= 15 is 0 Å². The van der Waals surface area contributed by atoms with Gasteiger partial charge in [0.15, 0.2) is 11.5 Å². The van der Waals surface area contributed by atoms with Crippen LogP contribution in [0, 0.1) is 0 Å². The van der Waals surface area contributed by atoms with Crippen molar-refractivity contribution in [3.05, 3.63) is 22.7 Å². The molecule has 1 aliphatic heterocycles. The van der Waals surface area contributed by atoms with E-state index in [1.165, 1.54) is 0 Å². The third-order valence-corrected chi connectivity index (χ3v) is 3.08. The van der Waals surface area contributed by atoms with Gasteiger partial charge >= 0.3 is 0 Å². The minimum atomic E-state index is 0.579. The van der Waals surface area contributed by atoms with Gasteiger partial charge < -0.3 is 19.5 Å². The molecule has 0 aliphatic carbocycles. The molecule has 18 heavy (non-hydrogen) atoms. The van der Waals surface area contributed by atoms with Gasteiger partial charge in [-0.25, -0.2) is 0 Å². The van der Waals surface area contributed by atoms with Crippen LogP contribution in [-0.4, -0.2) is 40.0 Å². The van der Waals surface area contributed by atoms with E-state index in [-0.39, 0.29) is 0 Å². The highest BCUT2D eigenvalue weighted by atomic mass is 35.5. The van der Waals surface area contributed by atoms with Gasteiger partial charge in [0.2, 0.25) is 0 Å². The molecule has 0 spiro atoms. The number of hydrogen-bond acceptors (Lipinski definition) is 4. The van der Waals surface area contributed by atoms with Crippen LogP contribution in [-0.2, 0) is 11.2 Å². The zero-order valence-corrected chi connectivity index (χ0v) is 11.3. The highest BCUT2D eigenvalue weighted by Crippen LogP contribution is 2.35. The maximum Gasteiger partial charge on any atom is 0.162 e. The minimum absolute atomic E-state index is 0.579. The number of hydrogen-bond donors (Lipinski definition) is 1. The van der Waals surface area contributed by atoms with Crippen LogP contribution >= 0.6 is 11.6 Å². The molecule has 100 valence electrons. The molecule has 0 atom stereocenters. The normalized spacial score (nSPS) is 13.7. The van der Waals surface area contributed by atoms with Gasteiger partial charge in [-0.05, 0) is 25.1 Å². The SMILES string of the molecule is CNCCOCCc1cc2c(cc1Cl)OCCO2. The van der Waals surface area contributed by atoms with Crippen molar-refractivity contribution in [3.8, 4) is 11.5 Å². The Kier molecular flexibility index (Phi) is 5.11. The van der Waals surface area contributed by atoms with Gasteiger partial charge in [-0.3, -0.25) is 0 Å². The molecule has 0 aromatic heterocycles. The van der Waals surface area contributed by atoms with Crippen molar-refractivity contribution in [2.24, 2.45) is 0 Å². The smallest absolute Gasteiger partial charge is 0.162 e. The molecule has 0 amide bonds. The minimum Gasteiger partial charge on any atom is -0.486 e. The first-order chi connectivity index (χ1) is 8.81. The van der Waals surface area contributed by atoms with E-state index in [4.69, 9.17) is 25.8 Å². The number of ether oxygens (including phenoxy) is 3. The molecule has 0 unspecified atom stereocenters. The van der Waals surface area contributed by atoms with Crippen molar-refractivity contribution in [3.63, 3.8) is 0 Å². The highest BCUT2D eigenvalue weighted by molar-refractivity contribution is 6.31. The van der Waals surface area contributed by atoms with Gasteiger partial charge in [0.05, 0.1) is 13.2 Å². The zero-order valence-electron chi connectivity index (χ0n) is 10.5. The van der Waals surface area contributed by atoms with Crippen molar-refractivity contribution < 1.29 is 14.2 Å². The van der Waals surface area contributed by atoms with E-state index in [0.29, 0.717) is 31.5 Å². The summed E-state index contributed by atoms with van der Waals surface area (Å²) >= 11 is 6.20. The van der Waals surface area contributed by atoms with Crippen molar-refractivity contribution in [1.29, 1.82) is 0 Å². The number of likely N-dealkylation sites (N-methyl/N-ethyl adjacent to an activating group) is 1. The molecule has 1 aliphatic rings. The van der Waals surface area contributed by atoms with Gasteiger partial charge in [-0.1, -0.05) is 11.6 Å². The second-order valence-corrected chi connectivity index (χ2v) is 4.46. The van der Waals surface area contributed by atoms with E-state index in [1.54, 1.807) is 0 Å². The predicted octanol–water partition coefficient (Wildman–Crippen LogP) is 1.89.